The van der Waals surface area contributed by atoms with E-state index in [1.54, 1.807) is 19.3 Å². The quantitative estimate of drug-likeness (QED) is 0.608. The lowest BCUT2D eigenvalue weighted by Crippen LogP contribution is -1.92. The van der Waals surface area contributed by atoms with E-state index < -0.39 is 0 Å². The van der Waals surface area contributed by atoms with Crippen LogP contribution in [0.15, 0.2) is 40.9 Å². The first-order chi connectivity index (χ1) is 10.7. The lowest BCUT2D eigenvalue weighted by Gasteiger charge is -2.08. The van der Waals surface area contributed by atoms with Crippen LogP contribution in [0.1, 0.15) is 11.1 Å². The van der Waals surface area contributed by atoms with E-state index in [1.807, 2.05) is 30.3 Å². The van der Waals surface area contributed by atoms with Crippen molar-refractivity contribution in [1.82, 2.24) is 0 Å². The molecule has 0 aliphatic carbocycles. The minimum atomic E-state index is 0.197. The van der Waals surface area contributed by atoms with Crippen LogP contribution in [0, 0.1) is 11.3 Å². The molecule has 0 saturated heterocycles. The number of nitriles is 1. The van der Waals surface area contributed by atoms with Gasteiger partial charge in [-0.25, -0.2) is 0 Å². The van der Waals surface area contributed by atoms with E-state index in [0.717, 1.165) is 15.6 Å². The fourth-order valence-corrected chi connectivity index (χ4v) is 2.62. The molecular formula is C17H12BrNO3. The fraction of sp³-hybridized carbons (Fsp3) is 0.118. The number of rotatable bonds is 3. The maximum Gasteiger partial charge on any atom is 0.231 e. The van der Waals surface area contributed by atoms with Crippen molar-refractivity contribution >= 4 is 27.6 Å². The Kier molecular flexibility index (Phi) is 4.03. The molecule has 5 heteroatoms. The van der Waals surface area contributed by atoms with Gasteiger partial charge in [0.05, 0.1) is 18.8 Å². The van der Waals surface area contributed by atoms with Crippen molar-refractivity contribution < 1.29 is 14.2 Å². The van der Waals surface area contributed by atoms with E-state index in [1.165, 1.54) is 0 Å². The van der Waals surface area contributed by atoms with Crippen LogP contribution in [0.25, 0.3) is 11.6 Å². The van der Waals surface area contributed by atoms with Crippen molar-refractivity contribution in [3.8, 4) is 23.3 Å². The lowest BCUT2D eigenvalue weighted by atomic mass is 10.0. The van der Waals surface area contributed by atoms with Gasteiger partial charge in [-0.1, -0.05) is 28.1 Å². The predicted molar refractivity (Wildman–Crippen MR) is 86.7 cm³/mol. The summed E-state index contributed by atoms with van der Waals surface area (Å²) in [6, 6.07) is 13.4. The fourth-order valence-electron chi connectivity index (χ4n) is 2.22. The Morgan fingerprint density at radius 2 is 2.05 bits per heavy atom. The SMILES string of the molecule is COc1cc2c(cc1C=C(C#N)c1cccc(Br)c1)OCO2. The van der Waals surface area contributed by atoms with Gasteiger partial charge in [0, 0.05) is 16.1 Å². The minimum Gasteiger partial charge on any atom is -0.496 e. The van der Waals surface area contributed by atoms with E-state index in [9.17, 15) is 5.26 Å². The summed E-state index contributed by atoms with van der Waals surface area (Å²) >= 11 is 3.42. The number of methoxy groups -OCH3 is 1. The second kappa shape index (κ2) is 6.12. The Bertz CT molecular complexity index is 793. The average Bonchev–Trinajstić information content (AvgIpc) is 2.98. The highest BCUT2D eigenvalue weighted by Gasteiger charge is 2.17. The number of halogens is 1. The van der Waals surface area contributed by atoms with Crippen LogP contribution in [0.3, 0.4) is 0 Å². The Morgan fingerprint density at radius 1 is 1.27 bits per heavy atom. The van der Waals surface area contributed by atoms with Crippen LogP contribution in [-0.4, -0.2) is 13.9 Å². The molecule has 110 valence electrons. The van der Waals surface area contributed by atoms with Gasteiger partial charge in [0.25, 0.3) is 0 Å². The Labute approximate surface area is 136 Å². The molecule has 1 aliphatic rings. The van der Waals surface area contributed by atoms with Gasteiger partial charge in [-0.3, -0.25) is 0 Å². The van der Waals surface area contributed by atoms with E-state index in [0.29, 0.717) is 22.8 Å². The van der Waals surface area contributed by atoms with Crippen LogP contribution in [0.5, 0.6) is 17.2 Å². The lowest BCUT2D eigenvalue weighted by molar-refractivity contribution is 0.174. The molecule has 22 heavy (non-hydrogen) atoms. The molecule has 3 rings (SSSR count). The molecule has 0 unspecified atom stereocenters. The number of ether oxygens (including phenoxy) is 3. The van der Waals surface area contributed by atoms with Crippen molar-refractivity contribution in [3.63, 3.8) is 0 Å². The molecule has 2 aromatic carbocycles. The van der Waals surface area contributed by atoms with Gasteiger partial charge in [-0.2, -0.15) is 5.26 Å². The zero-order chi connectivity index (χ0) is 15.5. The maximum absolute atomic E-state index is 9.46. The van der Waals surface area contributed by atoms with Crippen molar-refractivity contribution in [2.45, 2.75) is 0 Å². The zero-order valence-corrected chi connectivity index (χ0v) is 13.4. The normalized spacial score (nSPS) is 12.9. The largest absolute Gasteiger partial charge is 0.496 e. The van der Waals surface area contributed by atoms with Crippen LogP contribution in [0.4, 0.5) is 0 Å². The van der Waals surface area contributed by atoms with Gasteiger partial charge in [-0.05, 0) is 29.8 Å². The van der Waals surface area contributed by atoms with E-state index in [4.69, 9.17) is 14.2 Å². The van der Waals surface area contributed by atoms with Gasteiger partial charge >= 0.3 is 0 Å². The van der Waals surface area contributed by atoms with Crippen molar-refractivity contribution in [2.24, 2.45) is 0 Å². The molecule has 4 nitrogen and oxygen atoms in total. The molecule has 0 fully saturated rings. The number of hydrogen-bond donors (Lipinski definition) is 0. The van der Waals surface area contributed by atoms with E-state index in [2.05, 4.69) is 22.0 Å². The number of allylic oxidation sites excluding steroid dienone is 1. The number of nitrogens with zero attached hydrogens (tertiary/aromatic N) is 1. The zero-order valence-electron chi connectivity index (χ0n) is 11.8. The summed E-state index contributed by atoms with van der Waals surface area (Å²) in [6.45, 7) is 0.197. The first-order valence-corrected chi connectivity index (χ1v) is 7.36. The van der Waals surface area contributed by atoms with Crippen LogP contribution in [-0.2, 0) is 0 Å². The second-order valence-electron chi connectivity index (χ2n) is 4.63. The number of fused-ring (bicyclic) bond motifs is 1. The summed E-state index contributed by atoms with van der Waals surface area (Å²) in [4.78, 5) is 0. The topological polar surface area (TPSA) is 51.5 Å². The summed E-state index contributed by atoms with van der Waals surface area (Å²) < 4.78 is 17.0. The number of hydrogen-bond acceptors (Lipinski definition) is 4. The summed E-state index contributed by atoms with van der Waals surface area (Å²) in [6.07, 6.45) is 1.78. The molecule has 0 aromatic heterocycles. The highest BCUT2D eigenvalue weighted by atomic mass is 79.9. The third-order valence-corrected chi connectivity index (χ3v) is 3.77. The minimum absolute atomic E-state index is 0.197. The Morgan fingerprint density at radius 3 is 2.73 bits per heavy atom. The molecule has 0 radical (unpaired) electrons. The highest BCUT2D eigenvalue weighted by molar-refractivity contribution is 9.10. The maximum atomic E-state index is 9.46. The summed E-state index contributed by atoms with van der Waals surface area (Å²) in [7, 11) is 1.58. The molecule has 2 aromatic rings. The predicted octanol–water partition coefficient (Wildman–Crippen LogP) is 4.25. The molecule has 0 atom stereocenters. The smallest absolute Gasteiger partial charge is 0.231 e. The Balaban J connectivity index is 2.08. The van der Waals surface area contributed by atoms with E-state index in [-0.39, 0.29) is 6.79 Å². The van der Waals surface area contributed by atoms with Crippen molar-refractivity contribution in [3.05, 3.63) is 52.0 Å². The first-order valence-electron chi connectivity index (χ1n) is 6.56. The van der Waals surface area contributed by atoms with Crippen LogP contribution < -0.4 is 14.2 Å². The van der Waals surface area contributed by atoms with Gasteiger partial charge in [0.1, 0.15) is 5.75 Å². The van der Waals surface area contributed by atoms with Gasteiger partial charge in [0.15, 0.2) is 11.5 Å². The summed E-state index contributed by atoms with van der Waals surface area (Å²) in [5, 5.41) is 9.46. The number of benzene rings is 2. The molecule has 0 saturated carbocycles. The highest BCUT2D eigenvalue weighted by Crippen LogP contribution is 2.39. The molecule has 0 N–H and O–H groups in total. The molecule has 1 aliphatic heterocycles. The Hall–Kier alpha value is -2.45. The van der Waals surface area contributed by atoms with Gasteiger partial charge in [-0.15, -0.1) is 0 Å². The van der Waals surface area contributed by atoms with Crippen molar-refractivity contribution in [2.75, 3.05) is 13.9 Å². The average molecular weight is 358 g/mol. The van der Waals surface area contributed by atoms with Gasteiger partial charge < -0.3 is 14.2 Å². The third kappa shape index (κ3) is 2.78. The standard InChI is InChI=1S/C17H12BrNO3/c1-20-15-8-17-16(21-10-22-17)7-12(15)5-13(9-19)11-3-2-4-14(18)6-11/h2-8H,10H2,1H3. The van der Waals surface area contributed by atoms with Crippen LogP contribution >= 0.6 is 15.9 Å². The monoisotopic (exact) mass is 357 g/mol. The van der Waals surface area contributed by atoms with Crippen molar-refractivity contribution in [1.29, 1.82) is 5.26 Å². The summed E-state index contributed by atoms with van der Waals surface area (Å²) in [5.74, 6) is 1.93. The van der Waals surface area contributed by atoms with Gasteiger partial charge in [0.2, 0.25) is 6.79 Å². The molecule has 0 spiro atoms. The molecular weight excluding hydrogens is 346 g/mol. The molecule has 1 heterocycles. The van der Waals surface area contributed by atoms with E-state index >= 15 is 0 Å². The van der Waals surface area contributed by atoms with Crippen LogP contribution in [0.2, 0.25) is 0 Å². The molecule has 0 bridgehead atoms. The summed E-state index contributed by atoms with van der Waals surface area (Å²) in [5.41, 5.74) is 2.14. The molecule has 0 amide bonds. The second-order valence-corrected chi connectivity index (χ2v) is 5.54. The third-order valence-electron chi connectivity index (χ3n) is 3.28. The first kappa shape index (κ1) is 14.5.